The quantitative estimate of drug-likeness (QED) is 0.645. The van der Waals surface area contributed by atoms with Gasteiger partial charge in [-0.3, -0.25) is 9.59 Å². The van der Waals surface area contributed by atoms with E-state index in [2.05, 4.69) is 16.0 Å². The lowest BCUT2D eigenvalue weighted by Gasteiger charge is -2.12. The van der Waals surface area contributed by atoms with Crippen LogP contribution in [0, 0.1) is 0 Å². The van der Waals surface area contributed by atoms with Crippen molar-refractivity contribution < 1.29 is 14.7 Å². The molecule has 1 aliphatic rings. The van der Waals surface area contributed by atoms with Gasteiger partial charge in [-0.05, 0) is 36.2 Å². The maximum Gasteiger partial charge on any atom is 0.320 e. The molecule has 6 heteroatoms. The maximum atomic E-state index is 12.2. The number of carboxylic acids is 1. The van der Waals surface area contributed by atoms with E-state index in [-0.39, 0.29) is 11.9 Å². The third-order valence-corrected chi connectivity index (χ3v) is 4.24. The van der Waals surface area contributed by atoms with E-state index in [0.717, 1.165) is 11.3 Å². The smallest absolute Gasteiger partial charge is 0.320 e. The number of carboxylic acid groups (broad SMARTS) is 1. The van der Waals surface area contributed by atoms with Gasteiger partial charge in [0.1, 0.15) is 6.04 Å². The van der Waals surface area contributed by atoms with Crippen molar-refractivity contribution in [2.24, 2.45) is 0 Å². The van der Waals surface area contributed by atoms with Gasteiger partial charge >= 0.3 is 5.97 Å². The Morgan fingerprint density at radius 2 is 1.92 bits per heavy atom. The SMILES string of the molecule is O=C(Nc1cccc(CN[C@@H]2CN[C@H](C(=O)O)C2)c1)c1ccccc1. The van der Waals surface area contributed by atoms with Crippen molar-refractivity contribution in [1.29, 1.82) is 0 Å². The third kappa shape index (κ3) is 4.65. The number of amides is 1. The number of anilines is 1. The molecule has 1 fully saturated rings. The van der Waals surface area contributed by atoms with Gasteiger partial charge < -0.3 is 21.1 Å². The van der Waals surface area contributed by atoms with E-state index >= 15 is 0 Å². The van der Waals surface area contributed by atoms with Gasteiger partial charge in [-0.1, -0.05) is 30.3 Å². The number of hydrogen-bond donors (Lipinski definition) is 4. The minimum atomic E-state index is -0.810. The highest BCUT2D eigenvalue weighted by atomic mass is 16.4. The first kappa shape index (κ1) is 17.1. The third-order valence-electron chi connectivity index (χ3n) is 4.24. The van der Waals surface area contributed by atoms with Crippen LogP contribution in [0.1, 0.15) is 22.3 Å². The number of aliphatic carboxylic acids is 1. The minimum Gasteiger partial charge on any atom is -0.480 e. The van der Waals surface area contributed by atoms with E-state index in [4.69, 9.17) is 5.11 Å². The van der Waals surface area contributed by atoms with Gasteiger partial charge in [0, 0.05) is 30.4 Å². The van der Waals surface area contributed by atoms with Crippen LogP contribution in [0.2, 0.25) is 0 Å². The van der Waals surface area contributed by atoms with Crippen molar-refractivity contribution in [2.45, 2.75) is 25.0 Å². The average molecular weight is 339 g/mol. The molecule has 0 aromatic heterocycles. The van der Waals surface area contributed by atoms with Gasteiger partial charge in [0.15, 0.2) is 0 Å². The first-order valence-electron chi connectivity index (χ1n) is 8.27. The Hall–Kier alpha value is -2.70. The zero-order chi connectivity index (χ0) is 17.6. The molecule has 0 radical (unpaired) electrons. The van der Waals surface area contributed by atoms with Crippen molar-refractivity contribution in [3.05, 3.63) is 65.7 Å². The lowest BCUT2D eigenvalue weighted by molar-refractivity contribution is -0.139. The molecule has 2 aromatic carbocycles. The topological polar surface area (TPSA) is 90.5 Å². The fourth-order valence-corrected chi connectivity index (χ4v) is 2.89. The number of benzene rings is 2. The fourth-order valence-electron chi connectivity index (χ4n) is 2.89. The van der Waals surface area contributed by atoms with Crippen molar-refractivity contribution in [2.75, 3.05) is 11.9 Å². The normalized spacial score (nSPS) is 19.5. The van der Waals surface area contributed by atoms with Crippen LogP contribution in [0.5, 0.6) is 0 Å². The lowest BCUT2D eigenvalue weighted by atomic mass is 10.1. The van der Waals surface area contributed by atoms with E-state index in [1.165, 1.54) is 0 Å². The molecule has 0 aliphatic carbocycles. The molecule has 25 heavy (non-hydrogen) atoms. The molecule has 1 amide bonds. The summed E-state index contributed by atoms with van der Waals surface area (Å²) in [4.78, 5) is 23.2. The summed E-state index contributed by atoms with van der Waals surface area (Å²) >= 11 is 0. The molecule has 1 heterocycles. The van der Waals surface area contributed by atoms with Gasteiger partial charge in [0.2, 0.25) is 0 Å². The highest BCUT2D eigenvalue weighted by Crippen LogP contribution is 2.14. The Morgan fingerprint density at radius 1 is 1.12 bits per heavy atom. The van der Waals surface area contributed by atoms with E-state index in [1.54, 1.807) is 12.1 Å². The molecule has 130 valence electrons. The lowest BCUT2D eigenvalue weighted by Crippen LogP contribution is -2.30. The second-order valence-corrected chi connectivity index (χ2v) is 6.13. The van der Waals surface area contributed by atoms with Crippen LogP contribution in [0.4, 0.5) is 5.69 Å². The molecular weight excluding hydrogens is 318 g/mol. The van der Waals surface area contributed by atoms with Gasteiger partial charge in [0.05, 0.1) is 0 Å². The summed E-state index contributed by atoms with van der Waals surface area (Å²) in [7, 11) is 0. The molecule has 2 atom stereocenters. The molecule has 1 saturated heterocycles. The number of nitrogens with one attached hydrogen (secondary N) is 3. The van der Waals surface area contributed by atoms with Crippen molar-refractivity contribution >= 4 is 17.6 Å². The molecule has 1 aliphatic heterocycles. The molecule has 0 unspecified atom stereocenters. The van der Waals surface area contributed by atoms with E-state index < -0.39 is 12.0 Å². The van der Waals surface area contributed by atoms with Crippen LogP contribution in [0.15, 0.2) is 54.6 Å². The van der Waals surface area contributed by atoms with Crippen LogP contribution in [0.25, 0.3) is 0 Å². The van der Waals surface area contributed by atoms with E-state index in [0.29, 0.717) is 25.1 Å². The number of carbonyl (C=O) groups excluding carboxylic acids is 1. The molecule has 0 spiro atoms. The van der Waals surface area contributed by atoms with Crippen molar-refractivity contribution in [3.8, 4) is 0 Å². The van der Waals surface area contributed by atoms with Gasteiger partial charge in [-0.2, -0.15) is 0 Å². The maximum absolute atomic E-state index is 12.2. The van der Waals surface area contributed by atoms with Crippen molar-refractivity contribution in [1.82, 2.24) is 10.6 Å². The molecular formula is C19H21N3O3. The minimum absolute atomic E-state index is 0.128. The summed E-state index contributed by atoms with van der Waals surface area (Å²) in [5, 5.41) is 18.2. The summed E-state index contributed by atoms with van der Waals surface area (Å²) in [5.41, 5.74) is 2.38. The standard InChI is InChI=1S/C19H21N3O3/c23-18(14-6-2-1-3-7-14)22-15-8-4-5-13(9-15)11-20-16-10-17(19(24)25)21-12-16/h1-9,16-17,20-21H,10-12H2,(H,22,23)(H,24,25)/t16-,17-/m0/s1. The Kier molecular flexibility index (Phi) is 5.42. The van der Waals surface area contributed by atoms with Crippen LogP contribution < -0.4 is 16.0 Å². The largest absolute Gasteiger partial charge is 0.480 e. The zero-order valence-corrected chi connectivity index (χ0v) is 13.7. The second-order valence-electron chi connectivity index (χ2n) is 6.13. The van der Waals surface area contributed by atoms with Gasteiger partial charge in [-0.15, -0.1) is 0 Å². The summed E-state index contributed by atoms with van der Waals surface area (Å²) in [6.07, 6.45) is 0.569. The summed E-state index contributed by atoms with van der Waals surface area (Å²) < 4.78 is 0. The van der Waals surface area contributed by atoms with Crippen molar-refractivity contribution in [3.63, 3.8) is 0 Å². The Labute approximate surface area is 146 Å². The first-order valence-corrected chi connectivity index (χ1v) is 8.27. The molecule has 0 bridgehead atoms. The molecule has 4 N–H and O–H groups in total. The monoisotopic (exact) mass is 339 g/mol. The predicted molar refractivity (Wildman–Crippen MR) is 95.5 cm³/mol. The Morgan fingerprint density at radius 3 is 2.64 bits per heavy atom. The second kappa shape index (κ2) is 7.92. The first-order chi connectivity index (χ1) is 12.1. The summed E-state index contributed by atoms with van der Waals surface area (Å²) in [6.45, 7) is 1.26. The Bertz CT molecular complexity index is 749. The van der Waals surface area contributed by atoms with E-state index in [9.17, 15) is 9.59 Å². The predicted octanol–water partition coefficient (Wildman–Crippen LogP) is 1.84. The van der Waals surface area contributed by atoms with Crippen LogP contribution in [0.3, 0.4) is 0 Å². The molecule has 2 aromatic rings. The fraction of sp³-hybridized carbons (Fsp3) is 0.263. The Balaban J connectivity index is 1.55. The summed E-state index contributed by atoms with van der Waals surface area (Å²) in [5.74, 6) is -0.954. The zero-order valence-electron chi connectivity index (χ0n) is 13.7. The molecule has 6 nitrogen and oxygen atoms in total. The highest BCUT2D eigenvalue weighted by molar-refractivity contribution is 6.04. The average Bonchev–Trinajstić information content (AvgIpc) is 3.10. The number of rotatable bonds is 6. The number of carbonyl (C=O) groups is 2. The van der Waals surface area contributed by atoms with Gasteiger partial charge in [-0.25, -0.2) is 0 Å². The van der Waals surface area contributed by atoms with Crippen LogP contribution in [-0.4, -0.2) is 35.6 Å². The van der Waals surface area contributed by atoms with E-state index in [1.807, 2.05) is 42.5 Å². The highest BCUT2D eigenvalue weighted by Gasteiger charge is 2.28. The van der Waals surface area contributed by atoms with Gasteiger partial charge in [0.25, 0.3) is 5.91 Å². The summed E-state index contributed by atoms with van der Waals surface area (Å²) in [6, 6.07) is 16.4. The van der Waals surface area contributed by atoms with Crippen LogP contribution in [-0.2, 0) is 11.3 Å². The van der Waals surface area contributed by atoms with Crippen LogP contribution >= 0.6 is 0 Å². The molecule has 3 rings (SSSR count). The molecule has 0 saturated carbocycles. The number of hydrogen-bond acceptors (Lipinski definition) is 4.